The molecule has 6 nitrogen and oxygen atoms in total. The van der Waals surface area contributed by atoms with Gasteiger partial charge < -0.3 is 4.55 Å². The van der Waals surface area contributed by atoms with Crippen molar-refractivity contribution in [2.24, 2.45) is 0 Å². The van der Waals surface area contributed by atoms with Crippen LogP contribution in [0.15, 0.2) is 0 Å². The molecule has 0 aromatic carbocycles. The Morgan fingerprint density at radius 1 is 0.933 bits per heavy atom. The van der Waals surface area contributed by atoms with E-state index >= 15 is 0 Å². The summed E-state index contributed by atoms with van der Waals surface area (Å²) in [6.45, 7) is 0. The largest absolute Gasteiger partial charge is 0.744 e. The molecule has 15 heavy (non-hydrogen) atoms. The molecule has 90 valence electrons. The molecule has 0 heterocycles. The third-order valence-electron chi connectivity index (χ3n) is 0.443. The molecular formula is C2H3F4O6S2Zn-. The van der Waals surface area contributed by atoms with Crippen LogP contribution < -0.4 is 0 Å². The zero-order valence-corrected chi connectivity index (χ0v) is 11.3. The molecule has 0 amide bonds. The van der Waals surface area contributed by atoms with Crippen LogP contribution in [-0.2, 0) is 39.7 Å². The van der Waals surface area contributed by atoms with Crippen molar-refractivity contribution in [3.8, 4) is 0 Å². The summed E-state index contributed by atoms with van der Waals surface area (Å²) in [5.41, 5.74) is 0. The number of rotatable bonds is 2. The molecule has 0 rings (SSSR count). The first-order chi connectivity index (χ1) is 5.89. The van der Waals surface area contributed by atoms with Crippen LogP contribution in [0.4, 0.5) is 17.6 Å². The van der Waals surface area contributed by atoms with Crippen molar-refractivity contribution in [2.45, 2.75) is 11.5 Å². The second-order valence-electron chi connectivity index (χ2n) is 1.53. The molecular weight excluding hydrogens is 326 g/mol. The fourth-order valence-electron chi connectivity index (χ4n) is 0. The van der Waals surface area contributed by atoms with Gasteiger partial charge in [-0.1, -0.05) is 0 Å². The van der Waals surface area contributed by atoms with E-state index in [2.05, 4.69) is 0 Å². The van der Waals surface area contributed by atoms with Crippen LogP contribution in [0.3, 0.4) is 0 Å². The van der Waals surface area contributed by atoms with Gasteiger partial charge in [-0.3, -0.25) is 4.55 Å². The SMILES string of the molecule is O=S(=O)(O)C(F)F.O=S(=O)([O-])C(F)F.[Zn]. The molecule has 0 aliphatic rings. The summed E-state index contributed by atoms with van der Waals surface area (Å²) in [4.78, 5) is 0. The first-order valence-electron chi connectivity index (χ1n) is 2.36. The number of hydrogen-bond donors (Lipinski definition) is 1. The quantitative estimate of drug-likeness (QED) is 0.428. The summed E-state index contributed by atoms with van der Waals surface area (Å²) in [5.74, 6) is -7.46. The minimum Gasteiger partial charge on any atom is -0.744 e. The van der Waals surface area contributed by atoms with E-state index in [1.165, 1.54) is 0 Å². The van der Waals surface area contributed by atoms with Crippen molar-refractivity contribution >= 4 is 20.2 Å². The molecule has 0 unspecified atom stereocenters. The van der Waals surface area contributed by atoms with Crippen LogP contribution in [0.25, 0.3) is 0 Å². The Kier molecular flexibility index (Phi) is 10.2. The van der Waals surface area contributed by atoms with Crippen LogP contribution >= 0.6 is 0 Å². The maximum Gasteiger partial charge on any atom is 0.361 e. The van der Waals surface area contributed by atoms with Crippen molar-refractivity contribution < 1.29 is 63.0 Å². The van der Waals surface area contributed by atoms with Gasteiger partial charge >= 0.3 is 21.6 Å². The Morgan fingerprint density at radius 2 is 1.07 bits per heavy atom. The summed E-state index contributed by atoms with van der Waals surface area (Å²) in [6.07, 6.45) is 0. The molecule has 0 atom stereocenters. The van der Waals surface area contributed by atoms with Crippen molar-refractivity contribution in [3.05, 3.63) is 0 Å². The molecule has 0 bridgehead atoms. The average Bonchev–Trinajstić information content (AvgIpc) is 1.83. The van der Waals surface area contributed by atoms with Crippen molar-refractivity contribution in [2.75, 3.05) is 0 Å². The van der Waals surface area contributed by atoms with Crippen LogP contribution in [0.1, 0.15) is 0 Å². The second-order valence-corrected chi connectivity index (χ2v) is 4.26. The fourth-order valence-corrected chi connectivity index (χ4v) is 0. The van der Waals surface area contributed by atoms with Gasteiger partial charge in [-0.25, -0.2) is 8.42 Å². The second kappa shape index (κ2) is 7.44. The van der Waals surface area contributed by atoms with E-state index in [1.54, 1.807) is 0 Å². The molecule has 13 heteroatoms. The molecule has 0 radical (unpaired) electrons. The van der Waals surface area contributed by atoms with Gasteiger partial charge in [-0.15, -0.1) is 0 Å². The molecule has 0 aromatic heterocycles. The molecule has 0 saturated carbocycles. The van der Waals surface area contributed by atoms with Crippen LogP contribution in [0, 0.1) is 0 Å². The summed E-state index contributed by atoms with van der Waals surface area (Å²) in [5, 5.41) is 0. The Labute approximate surface area is 94.9 Å². The molecule has 0 spiro atoms. The normalized spacial score (nSPS) is 11.7. The maximum atomic E-state index is 10.7. The predicted molar refractivity (Wildman–Crippen MR) is 33.3 cm³/mol. The summed E-state index contributed by atoms with van der Waals surface area (Å²) in [7, 11) is -10.4. The Balaban J connectivity index is -0.000000180. The van der Waals surface area contributed by atoms with E-state index in [4.69, 9.17) is 25.9 Å². The Hall–Kier alpha value is 0.163. The number of halogens is 4. The first-order valence-corrected chi connectivity index (χ1v) is 5.33. The van der Waals surface area contributed by atoms with Gasteiger partial charge in [-0.05, 0) is 0 Å². The van der Waals surface area contributed by atoms with E-state index in [0.29, 0.717) is 0 Å². The monoisotopic (exact) mass is 327 g/mol. The van der Waals surface area contributed by atoms with Gasteiger partial charge in [0.25, 0.3) is 0 Å². The smallest absolute Gasteiger partial charge is 0.361 e. The Morgan fingerprint density at radius 3 is 1.07 bits per heavy atom. The van der Waals surface area contributed by atoms with Gasteiger partial charge in [0.05, 0.1) is 0 Å². The molecule has 1 N–H and O–H groups in total. The van der Waals surface area contributed by atoms with E-state index in [1.807, 2.05) is 0 Å². The average molecular weight is 329 g/mol. The predicted octanol–water partition coefficient (Wildman–Crippen LogP) is -0.151. The van der Waals surface area contributed by atoms with Gasteiger partial charge in [0, 0.05) is 19.5 Å². The van der Waals surface area contributed by atoms with E-state index in [9.17, 15) is 17.6 Å². The van der Waals surface area contributed by atoms with Crippen LogP contribution in [0.2, 0.25) is 0 Å². The standard InChI is InChI=1S/2CH2F2O3S.Zn/c2*2-1(3)7(4,5)6;/h2*1H,(H,4,5,6);/p-1. The Bertz CT molecular complexity index is 311. The topological polar surface area (TPSA) is 112 Å². The van der Waals surface area contributed by atoms with Crippen LogP contribution in [0.5, 0.6) is 0 Å². The summed E-state index contributed by atoms with van der Waals surface area (Å²) >= 11 is 0. The fraction of sp³-hybridized carbons (Fsp3) is 1.00. The minimum absolute atomic E-state index is 0. The van der Waals surface area contributed by atoms with Gasteiger partial charge in [0.1, 0.15) is 0 Å². The maximum absolute atomic E-state index is 10.7. The van der Waals surface area contributed by atoms with E-state index < -0.39 is 31.8 Å². The summed E-state index contributed by atoms with van der Waals surface area (Å²) < 4.78 is 95.4. The van der Waals surface area contributed by atoms with Gasteiger partial charge in [0.15, 0.2) is 10.1 Å². The van der Waals surface area contributed by atoms with Gasteiger partial charge in [0.2, 0.25) is 0 Å². The molecule has 0 saturated heterocycles. The molecule has 0 aliphatic carbocycles. The van der Waals surface area contributed by atoms with E-state index in [0.717, 1.165) is 0 Å². The van der Waals surface area contributed by atoms with Crippen molar-refractivity contribution in [1.29, 1.82) is 0 Å². The summed E-state index contributed by atoms with van der Waals surface area (Å²) in [6, 6.07) is 0. The third kappa shape index (κ3) is 14.2. The molecule has 0 aromatic rings. The number of alkyl halides is 4. The number of hydrogen-bond acceptors (Lipinski definition) is 5. The van der Waals surface area contributed by atoms with E-state index in [-0.39, 0.29) is 19.5 Å². The minimum atomic E-state index is -5.32. The zero-order valence-electron chi connectivity index (χ0n) is 6.68. The molecule has 0 fully saturated rings. The van der Waals surface area contributed by atoms with Crippen LogP contribution in [-0.4, -0.2) is 37.5 Å². The zero-order chi connectivity index (χ0) is 12.2. The van der Waals surface area contributed by atoms with Crippen molar-refractivity contribution in [1.82, 2.24) is 0 Å². The van der Waals surface area contributed by atoms with Crippen molar-refractivity contribution in [3.63, 3.8) is 0 Å². The first kappa shape index (κ1) is 20.6. The van der Waals surface area contributed by atoms with Gasteiger partial charge in [-0.2, -0.15) is 26.0 Å². The molecule has 0 aliphatic heterocycles. The third-order valence-corrected chi connectivity index (χ3v) is 1.33.